The molecule has 0 aromatic rings. The van der Waals surface area contributed by atoms with Crippen molar-refractivity contribution in [3.8, 4) is 0 Å². The molecule has 1 saturated carbocycles. The number of amides is 2. The minimum Gasteiger partial charge on any atom is -0.480 e. The molecule has 17 heavy (non-hydrogen) atoms. The van der Waals surface area contributed by atoms with Crippen molar-refractivity contribution in [2.75, 3.05) is 20.2 Å². The number of hydrogen-bond acceptors (Lipinski definition) is 3. The van der Waals surface area contributed by atoms with Crippen LogP contribution in [-0.2, 0) is 9.53 Å². The molecule has 6 nitrogen and oxygen atoms in total. The fourth-order valence-electron chi connectivity index (χ4n) is 2.14. The fourth-order valence-corrected chi connectivity index (χ4v) is 2.14. The molecule has 2 rings (SSSR count). The van der Waals surface area contributed by atoms with Crippen molar-refractivity contribution in [3.05, 3.63) is 0 Å². The Morgan fingerprint density at radius 1 is 1.41 bits per heavy atom. The zero-order valence-electron chi connectivity index (χ0n) is 9.89. The quantitative estimate of drug-likeness (QED) is 0.742. The number of urea groups is 1. The highest BCUT2D eigenvalue weighted by molar-refractivity contribution is 5.83. The summed E-state index contributed by atoms with van der Waals surface area (Å²) in [6.45, 7) is 1.17. The second kappa shape index (κ2) is 4.91. The van der Waals surface area contributed by atoms with Crippen LogP contribution >= 0.6 is 0 Å². The zero-order chi connectivity index (χ0) is 12.4. The normalized spacial score (nSPS) is 25.7. The predicted molar refractivity (Wildman–Crippen MR) is 59.7 cm³/mol. The van der Waals surface area contributed by atoms with Crippen LogP contribution in [0.5, 0.6) is 0 Å². The molecule has 2 N–H and O–H groups in total. The number of carboxylic acids is 1. The Morgan fingerprint density at radius 2 is 2.12 bits per heavy atom. The Labute approximate surface area is 99.9 Å². The molecular formula is C11H18N2O4. The van der Waals surface area contributed by atoms with E-state index in [0.717, 1.165) is 19.3 Å². The van der Waals surface area contributed by atoms with Crippen LogP contribution in [0, 0.1) is 5.92 Å². The molecule has 0 aromatic carbocycles. The second-order valence-corrected chi connectivity index (χ2v) is 4.70. The lowest BCUT2D eigenvalue weighted by Crippen LogP contribution is -2.48. The second-order valence-electron chi connectivity index (χ2n) is 4.70. The van der Waals surface area contributed by atoms with Crippen LogP contribution in [0.4, 0.5) is 4.79 Å². The van der Waals surface area contributed by atoms with E-state index in [1.807, 2.05) is 0 Å². The Morgan fingerprint density at radius 3 is 2.59 bits per heavy atom. The van der Waals surface area contributed by atoms with Crippen molar-refractivity contribution in [1.82, 2.24) is 10.2 Å². The average Bonchev–Trinajstić information content (AvgIpc) is 3.01. The van der Waals surface area contributed by atoms with Gasteiger partial charge in [0.05, 0.1) is 6.10 Å². The topological polar surface area (TPSA) is 78.9 Å². The number of carboxylic acid groups (broad SMARTS) is 1. The summed E-state index contributed by atoms with van der Waals surface area (Å²) in [5.41, 5.74) is 0. The molecule has 0 bridgehead atoms. The molecule has 1 heterocycles. The highest BCUT2D eigenvalue weighted by Gasteiger charge is 2.38. The first-order valence-corrected chi connectivity index (χ1v) is 5.93. The lowest BCUT2D eigenvalue weighted by atomic mass is 10.2. The molecule has 96 valence electrons. The van der Waals surface area contributed by atoms with Gasteiger partial charge in [-0.15, -0.1) is 0 Å². The maximum Gasteiger partial charge on any atom is 0.326 e. The van der Waals surface area contributed by atoms with Gasteiger partial charge in [-0.05, 0) is 25.2 Å². The van der Waals surface area contributed by atoms with Crippen LogP contribution in [0.15, 0.2) is 0 Å². The maximum absolute atomic E-state index is 11.8. The van der Waals surface area contributed by atoms with Gasteiger partial charge < -0.3 is 20.1 Å². The first-order chi connectivity index (χ1) is 8.11. The van der Waals surface area contributed by atoms with Gasteiger partial charge in [0.2, 0.25) is 0 Å². The summed E-state index contributed by atoms with van der Waals surface area (Å²) in [5.74, 6) is -0.833. The number of carbonyl (C=O) groups excluding carboxylic acids is 1. The maximum atomic E-state index is 11.8. The number of carbonyl (C=O) groups is 2. The number of likely N-dealkylation sites (tertiary alicyclic amines) is 1. The summed E-state index contributed by atoms with van der Waals surface area (Å²) in [6, 6.07) is -1.02. The number of nitrogens with one attached hydrogen (secondary N) is 1. The third kappa shape index (κ3) is 2.88. The van der Waals surface area contributed by atoms with Gasteiger partial charge in [0, 0.05) is 20.2 Å². The number of ether oxygens (including phenoxy) is 1. The lowest BCUT2D eigenvalue weighted by molar-refractivity contribution is -0.139. The summed E-state index contributed by atoms with van der Waals surface area (Å²) in [6.07, 6.45) is 2.66. The standard InChI is InChI=1S/C11H18N2O4/c1-17-8-4-5-13(6-8)11(16)12-9(10(14)15)7-2-3-7/h7-9H,2-6H2,1H3,(H,12,16)(H,14,15). The molecule has 0 radical (unpaired) electrons. The number of nitrogens with zero attached hydrogens (tertiary/aromatic N) is 1. The van der Waals surface area contributed by atoms with E-state index in [2.05, 4.69) is 5.32 Å². The molecule has 2 aliphatic rings. The molecule has 2 fully saturated rings. The Hall–Kier alpha value is -1.30. The van der Waals surface area contributed by atoms with Gasteiger partial charge in [-0.1, -0.05) is 0 Å². The molecule has 6 heteroatoms. The van der Waals surface area contributed by atoms with Crippen LogP contribution in [0.1, 0.15) is 19.3 Å². The van der Waals surface area contributed by atoms with Crippen molar-refractivity contribution in [2.45, 2.75) is 31.4 Å². The van der Waals surface area contributed by atoms with Crippen LogP contribution in [-0.4, -0.2) is 54.4 Å². The highest BCUT2D eigenvalue weighted by atomic mass is 16.5. The van der Waals surface area contributed by atoms with Crippen molar-refractivity contribution < 1.29 is 19.4 Å². The van der Waals surface area contributed by atoms with Crippen molar-refractivity contribution in [3.63, 3.8) is 0 Å². The summed E-state index contributed by atoms with van der Waals surface area (Å²) >= 11 is 0. The van der Waals surface area contributed by atoms with E-state index in [0.29, 0.717) is 13.1 Å². The Bertz CT molecular complexity index is 317. The van der Waals surface area contributed by atoms with E-state index in [-0.39, 0.29) is 18.1 Å². The van der Waals surface area contributed by atoms with Crippen LogP contribution in [0.3, 0.4) is 0 Å². The molecule has 1 aliphatic heterocycles. The largest absolute Gasteiger partial charge is 0.480 e. The van der Waals surface area contributed by atoms with Crippen LogP contribution < -0.4 is 5.32 Å². The zero-order valence-corrected chi connectivity index (χ0v) is 9.89. The number of hydrogen-bond donors (Lipinski definition) is 2. The average molecular weight is 242 g/mol. The molecule has 0 spiro atoms. The first-order valence-electron chi connectivity index (χ1n) is 5.93. The van der Waals surface area contributed by atoms with E-state index in [1.54, 1.807) is 12.0 Å². The third-order valence-electron chi connectivity index (χ3n) is 3.40. The first kappa shape index (κ1) is 12.2. The molecule has 2 atom stereocenters. The highest BCUT2D eigenvalue weighted by Crippen LogP contribution is 2.32. The van der Waals surface area contributed by atoms with Gasteiger partial charge in [-0.2, -0.15) is 0 Å². The van der Waals surface area contributed by atoms with E-state index < -0.39 is 12.0 Å². The van der Waals surface area contributed by atoms with Crippen molar-refractivity contribution >= 4 is 12.0 Å². The molecule has 0 aromatic heterocycles. The van der Waals surface area contributed by atoms with Gasteiger partial charge >= 0.3 is 12.0 Å². The van der Waals surface area contributed by atoms with E-state index in [4.69, 9.17) is 9.84 Å². The summed E-state index contributed by atoms with van der Waals surface area (Å²) in [4.78, 5) is 24.5. The van der Waals surface area contributed by atoms with Crippen molar-refractivity contribution in [2.24, 2.45) is 5.92 Å². The minimum atomic E-state index is -0.941. The fraction of sp³-hybridized carbons (Fsp3) is 0.818. The third-order valence-corrected chi connectivity index (χ3v) is 3.40. The smallest absolute Gasteiger partial charge is 0.326 e. The van der Waals surface area contributed by atoms with Crippen LogP contribution in [0.25, 0.3) is 0 Å². The van der Waals surface area contributed by atoms with E-state index >= 15 is 0 Å². The molecular weight excluding hydrogens is 224 g/mol. The van der Waals surface area contributed by atoms with Gasteiger partial charge in [0.15, 0.2) is 0 Å². The monoisotopic (exact) mass is 242 g/mol. The Balaban J connectivity index is 1.85. The number of rotatable bonds is 4. The van der Waals surface area contributed by atoms with Gasteiger partial charge in [-0.3, -0.25) is 0 Å². The molecule has 2 unspecified atom stereocenters. The van der Waals surface area contributed by atoms with Gasteiger partial charge in [-0.25, -0.2) is 9.59 Å². The van der Waals surface area contributed by atoms with Crippen molar-refractivity contribution in [1.29, 1.82) is 0 Å². The molecule has 1 saturated heterocycles. The SMILES string of the molecule is COC1CCN(C(=O)NC(C(=O)O)C2CC2)C1. The molecule has 1 aliphatic carbocycles. The van der Waals surface area contributed by atoms with E-state index in [1.165, 1.54) is 0 Å². The number of methoxy groups -OCH3 is 1. The summed E-state index contributed by atoms with van der Waals surface area (Å²) in [7, 11) is 1.62. The van der Waals surface area contributed by atoms with E-state index in [9.17, 15) is 9.59 Å². The van der Waals surface area contributed by atoms with Crippen LogP contribution in [0.2, 0.25) is 0 Å². The number of aliphatic carboxylic acids is 1. The summed E-state index contributed by atoms with van der Waals surface area (Å²) in [5, 5.41) is 11.6. The Kier molecular flexibility index (Phi) is 3.51. The molecule has 2 amide bonds. The minimum absolute atomic E-state index is 0.0740. The lowest BCUT2D eigenvalue weighted by Gasteiger charge is -2.20. The van der Waals surface area contributed by atoms with Gasteiger partial charge in [0.1, 0.15) is 6.04 Å². The van der Waals surface area contributed by atoms with Gasteiger partial charge in [0.25, 0.3) is 0 Å². The predicted octanol–water partition coefficient (Wildman–Crippen LogP) is 0.280. The summed E-state index contributed by atoms with van der Waals surface area (Å²) < 4.78 is 5.17.